The molecule has 4 aromatic carbocycles. The van der Waals surface area contributed by atoms with E-state index < -0.39 is 23.4 Å². The summed E-state index contributed by atoms with van der Waals surface area (Å²) in [5.41, 5.74) is 1.18. The van der Waals surface area contributed by atoms with Gasteiger partial charge in [-0.2, -0.15) is 13.2 Å². The smallest absolute Gasteiger partial charge is 0.416 e. The molecular weight excluding hydrogens is 490 g/mol. The average Bonchev–Trinajstić information content (AvgIpc) is 2.86. The van der Waals surface area contributed by atoms with E-state index >= 15 is 4.39 Å². The van der Waals surface area contributed by atoms with Crippen LogP contribution in [-0.4, -0.2) is 6.61 Å². The highest BCUT2D eigenvalue weighted by Gasteiger charge is 2.29. The lowest BCUT2D eigenvalue weighted by Crippen LogP contribution is -2.04. The molecule has 0 aromatic heterocycles. The Kier molecular flexibility index (Phi) is 7.91. The van der Waals surface area contributed by atoms with Gasteiger partial charge in [-0.15, -0.1) is 0 Å². The third-order valence-corrected chi connectivity index (χ3v) is 6.21. The first kappa shape index (κ1) is 26.3. The average molecular weight is 515 g/mol. The lowest BCUT2D eigenvalue weighted by molar-refractivity contribution is -0.137. The molecule has 1 nitrogen and oxygen atoms in total. The monoisotopic (exact) mass is 514 g/mol. The number of ether oxygens (including phenoxy) is 1. The molecule has 0 bridgehead atoms. The molecule has 4 rings (SSSR count). The first-order valence-electron chi connectivity index (χ1n) is 11.7. The zero-order valence-corrected chi connectivity index (χ0v) is 19.8. The van der Waals surface area contributed by atoms with Crippen molar-refractivity contribution in [1.82, 2.24) is 0 Å². The van der Waals surface area contributed by atoms with Crippen molar-refractivity contribution in [3.63, 3.8) is 0 Å². The number of hydrogen-bond donors (Lipinski definition) is 0. The Bertz CT molecular complexity index is 1380. The van der Waals surface area contributed by atoms with Crippen molar-refractivity contribution in [3.05, 3.63) is 125 Å². The molecule has 0 heterocycles. The lowest BCUT2D eigenvalue weighted by atomic mass is 9.97. The van der Waals surface area contributed by atoms with Gasteiger partial charge in [0, 0.05) is 23.1 Å². The molecule has 0 saturated carbocycles. The van der Waals surface area contributed by atoms with Gasteiger partial charge >= 0.3 is 6.18 Å². The Hall–Kier alpha value is -3.74. The Morgan fingerprint density at radius 3 is 2.03 bits per heavy atom. The van der Waals surface area contributed by atoms with Crippen LogP contribution in [-0.2, 0) is 31.9 Å². The Morgan fingerprint density at radius 2 is 1.38 bits per heavy atom. The fraction of sp³-hybridized carbons (Fsp3) is 0.200. The van der Waals surface area contributed by atoms with Gasteiger partial charge in [0.05, 0.1) is 5.56 Å². The minimum atomic E-state index is -4.39. The highest BCUT2D eigenvalue weighted by atomic mass is 19.4. The highest BCUT2D eigenvalue weighted by Crippen LogP contribution is 2.30. The van der Waals surface area contributed by atoms with Crippen molar-refractivity contribution in [2.75, 3.05) is 6.61 Å². The maximum Gasteiger partial charge on any atom is 0.416 e. The molecule has 0 saturated heterocycles. The molecule has 0 radical (unpaired) electrons. The first-order chi connectivity index (χ1) is 17.7. The maximum atomic E-state index is 15.1. The second-order valence-corrected chi connectivity index (χ2v) is 8.75. The lowest BCUT2D eigenvalue weighted by Gasteiger charge is -2.11. The van der Waals surface area contributed by atoms with Crippen molar-refractivity contribution in [1.29, 1.82) is 0 Å². The highest BCUT2D eigenvalue weighted by molar-refractivity contribution is 5.84. The van der Waals surface area contributed by atoms with Crippen molar-refractivity contribution < 1.29 is 31.1 Å². The SMILES string of the molecule is C=CCOc1cc(F)c(CCc2ccc3c(F)c(CCc4ccc(C(F)(F)F)cc4)ccc3c2)c(F)c1. The fourth-order valence-electron chi connectivity index (χ4n) is 4.20. The van der Waals surface area contributed by atoms with Gasteiger partial charge in [-0.3, -0.25) is 0 Å². The van der Waals surface area contributed by atoms with Crippen molar-refractivity contribution in [2.24, 2.45) is 0 Å². The van der Waals surface area contributed by atoms with Crippen molar-refractivity contribution in [3.8, 4) is 5.75 Å². The predicted molar refractivity (Wildman–Crippen MR) is 132 cm³/mol. The number of hydrogen-bond acceptors (Lipinski definition) is 1. The van der Waals surface area contributed by atoms with Crippen LogP contribution in [0.1, 0.15) is 27.8 Å². The van der Waals surface area contributed by atoms with Crippen molar-refractivity contribution in [2.45, 2.75) is 31.9 Å². The van der Waals surface area contributed by atoms with E-state index in [1.165, 1.54) is 18.2 Å². The standard InChI is InChI=1S/C30H24F6O/c1-2-15-37-24-17-27(31)26(28(32)18-24)14-7-20-6-13-25-22(16-20)10-9-21(29(25)33)8-3-19-4-11-23(12-5-19)30(34,35)36/h2,4-6,9-13,16-18H,1,3,7-8,14-15H2. The summed E-state index contributed by atoms with van der Waals surface area (Å²) < 4.78 is 87.4. The number of fused-ring (bicyclic) bond motifs is 1. The molecule has 0 fully saturated rings. The van der Waals surface area contributed by atoms with E-state index in [2.05, 4.69) is 6.58 Å². The number of aryl methyl sites for hydroxylation is 3. The van der Waals surface area contributed by atoms with E-state index in [-0.39, 0.29) is 30.2 Å². The largest absolute Gasteiger partial charge is 0.489 e. The second-order valence-electron chi connectivity index (χ2n) is 8.75. The van der Waals surface area contributed by atoms with Gasteiger partial charge in [-0.25, -0.2) is 13.2 Å². The van der Waals surface area contributed by atoms with Gasteiger partial charge < -0.3 is 4.74 Å². The molecule has 0 unspecified atom stereocenters. The molecule has 0 atom stereocenters. The van der Waals surface area contributed by atoms with Gasteiger partial charge in [0.15, 0.2) is 0 Å². The second kappa shape index (κ2) is 11.1. The summed E-state index contributed by atoms with van der Waals surface area (Å²) in [7, 11) is 0. The van der Waals surface area contributed by atoms with Gasteiger partial charge in [0.2, 0.25) is 0 Å². The van der Waals surface area contributed by atoms with Crippen LogP contribution in [0.5, 0.6) is 5.75 Å². The molecule has 0 N–H and O–H groups in total. The van der Waals surface area contributed by atoms with E-state index in [1.54, 1.807) is 30.3 Å². The van der Waals surface area contributed by atoms with Crippen LogP contribution >= 0.6 is 0 Å². The quantitative estimate of drug-likeness (QED) is 0.161. The number of rotatable bonds is 9. The molecule has 4 aromatic rings. The number of benzene rings is 4. The number of halogens is 6. The predicted octanol–water partition coefficient (Wildman–Crippen LogP) is 8.41. The van der Waals surface area contributed by atoms with Crippen LogP contribution in [0, 0.1) is 17.5 Å². The molecule has 192 valence electrons. The molecule has 0 amide bonds. The zero-order chi connectivity index (χ0) is 26.6. The summed E-state index contributed by atoms with van der Waals surface area (Å²) in [4.78, 5) is 0. The van der Waals surface area contributed by atoms with Gasteiger partial charge in [-0.1, -0.05) is 55.1 Å². The summed E-state index contributed by atoms with van der Waals surface area (Å²) in [6.45, 7) is 3.64. The van der Waals surface area contributed by atoms with E-state index in [0.717, 1.165) is 29.8 Å². The molecule has 37 heavy (non-hydrogen) atoms. The van der Waals surface area contributed by atoms with Crippen LogP contribution in [0.15, 0.2) is 79.4 Å². The zero-order valence-electron chi connectivity index (χ0n) is 19.8. The summed E-state index contributed by atoms with van der Waals surface area (Å²) in [5.74, 6) is -1.68. The van der Waals surface area contributed by atoms with Crippen molar-refractivity contribution >= 4 is 10.8 Å². The summed E-state index contributed by atoms with van der Waals surface area (Å²) in [6, 6.07) is 15.7. The Labute approximate surface area is 211 Å². The maximum absolute atomic E-state index is 15.1. The van der Waals surface area contributed by atoms with Gasteiger partial charge in [0.25, 0.3) is 0 Å². The van der Waals surface area contributed by atoms with Crippen LogP contribution < -0.4 is 4.74 Å². The third-order valence-electron chi connectivity index (χ3n) is 6.21. The van der Waals surface area contributed by atoms with Crippen LogP contribution in [0.2, 0.25) is 0 Å². The minimum Gasteiger partial charge on any atom is -0.489 e. The molecular formula is C30H24F6O. The van der Waals surface area contributed by atoms with Crippen LogP contribution in [0.4, 0.5) is 26.3 Å². The normalized spacial score (nSPS) is 11.6. The first-order valence-corrected chi connectivity index (χ1v) is 11.7. The Balaban J connectivity index is 1.44. The fourth-order valence-corrected chi connectivity index (χ4v) is 4.20. The molecule has 0 aliphatic carbocycles. The van der Waals surface area contributed by atoms with Gasteiger partial charge in [0.1, 0.15) is 29.8 Å². The summed E-state index contributed by atoms with van der Waals surface area (Å²) in [5, 5.41) is 1.07. The topological polar surface area (TPSA) is 9.23 Å². The molecule has 0 spiro atoms. The van der Waals surface area contributed by atoms with Crippen LogP contribution in [0.25, 0.3) is 10.8 Å². The summed E-state index contributed by atoms with van der Waals surface area (Å²) >= 11 is 0. The van der Waals surface area contributed by atoms with E-state index in [9.17, 15) is 22.0 Å². The van der Waals surface area contributed by atoms with Crippen LogP contribution in [0.3, 0.4) is 0 Å². The summed E-state index contributed by atoms with van der Waals surface area (Å²) in [6.07, 6.45) is -1.71. The molecule has 7 heteroatoms. The van der Waals surface area contributed by atoms with Gasteiger partial charge in [-0.05, 0) is 59.9 Å². The number of alkyl halides is 3. The van der Waals surface area contributed by atoms with E-state index in [0.29, 0.717) is 41.2 Å². The minimum absolute atomic E-state index is 0.0455. The molecule has 0 aliphatic rings. The van der Waals surface area contributed by atoms with E-state index in [4.69, 9.17) is 4.74 Å². The molecule has 0 aliphatic heterocycles. The van der Waals surface area contributed by atoms with E-state index in [1.807, 2.05) is 0 Å². The Morgan fingerprint density at radius 1 is 0.730 bits per heavy atom. The third kappa shape index (κ3) is 6.34.